The van der Waals surface area contributed by atoms with E-state index in [1.165, 1.54) is 12.1 Å². The molecule has 0 aliphatic heterocycles. The number of carbonyl (C=O) groups excluding carboxylic acids is 1. The fourth-order valence-electron chi connectivity index (χ4n) is 3.19. The summed E-state index contributed by atoms with van der Waals surface area (Å²) in [6, 6.07) is 20.4. The molecule has 0 aliphatic rings. The van der Waals surface area contributed by atoms with E-state index in [4.69, 9.17) is 9.47 Å². The van der Waals surface area contributed by atoms with Gasteiger partial charge < -0.3 is 14.8 Å². The molecule has 0 aromatic heterocycles. The van der Waals surface area contributed by atoms with Crippen LogP contribution in [0.5, 0.6) is 11.5 Å². The summed E-state index contributed by atoms with van der Waals surface area (Å²) >= 11 is 0. The highest BCUT2D eigenvalue weighted by atomic mass is 32.2. The van der Waals surface area contributed by atoms with E-state index in [0.29, 0.717) is 24.6 Å². The molecule has 0 radical (unpaired) electrons. The minimum Gasteiger partial charge on any atom is -0.497 e. The minimum absolute atomic E-state index is 0.0160. The predicted molar refractivity (Wildman–Crippen MR) is 129 cm³/mol. The summed E-state index contributed by atoms with van der Waals surface area (Å²) in [6.07, 6.45) is 1.57. The van der Waals surface area contributed by atoms with Gasteiger partial charge in [-0.2, -0.15) is 0 Å². The van der Waals surface area contributed by atoms with Crippen molar-refractivity contribution in [3.8, 4) is 11.5 Å². The molecule has 0 saturated carbocycles. The molecule has 0 aliphatic carbocycles. The third kappa shape index (κ3) is 6.98. The van der Waals surface area contributed by atoms with Gasteiger partial charge in [0.1, 0.15) is 11.5 Å². The average Bonchev–Trinajstić information content (AvgIpc) is 2.83. The molecule has 0 heterocycles. The fourth-order valence-corrected chi connectivity index (χ4v) is 4.30. The maximum Gasteiger partial charge on any atom is 0.261 e. The number of aryl methyl sites for hydroxylation is 1. The number of methoxy groups -OCH3 is 1. The Morgan fingerprint density at radius 2 is 1.64 bits per heavy atom. The van der Waals surface area contributed by atoms with Crippen LogP contribution in [0, 0.1) is 0 Å². The van der Waals surface area contributed by atoms with Crippen LogP contribution >= 0.6 is 0 Å². The molecule has 0 bridgehead atoms. The first-order chi connectivity index (χ1) is 15.9. The van der Waals surface area contributed by atoms with Gasteiger partial charge in [0.05, 0.1) is 18.6 Å². The predicted octanol–water partition coefficient (Wildman–Crippen LogP) is 4.26. The molecule has 0 atom stereocenters. The van der Waals surface area contributed by atoms with Crippen LogP contribution in [0.15, 0.2) is 77.7 Å². The second-order valence-electron chi connectivity index (χ2n) is 7.30. The molecule has 33 heavy (non-hydrogen) atoms. The van der Waals surface area contributed by atoms with Crippen molar-refractivity contribution < 1.29 is 22.7 Å². The summed E-state index contributed by atoms with van der Waals surface area (Å²) in [5, 5.41) is 2.85. The van der Waals surface area contributed by atoms with E-state index in [9.17, 15) is 13.2 Å². The van der Waals surface area contributed by atoms with Crippen LogP contribution in [0.25, 0.3) is 0 Å². The van der Waals surface area contributed by atoms with E-state index in [1.807, 2.05) is 31.2 Å². The van der Waals surface area contributed by atoms with Gasteiger partial charge in [0.15, 0.2) is 0 Å². The zero-order valence-electron chi connectivity index (χ0n) is 18.7. The lowest BCUT2D eigenvalue weighted by Crippen LogP contribution is -2.25. The van der Waals surface area contributed by atoms with Crippen LogP contribution < -0.4 is 19.5 Å². The molecule has 3 aromatic rings. The van der Waals surface area contributed by atoms with Crippen LogP contribution in [0.4, 0.5) is 5.69 Å². The standard InChI is InChI=1S/C25H28N2O5S/c1-3-32-23-15-11-21(12-16-23)27-33(29,30)24-8-4-7-20(18-24)25(28)26-17-5-6-19-9-13-22(31-2)14-10-19/h4,7-16,18,27H,3,5-6,17H2,1-2H3,(H,26,28). The second kappa shape index (κ2) is 11.4. The summed E-state index contributed by atoms with van der Waals surface area (Å²) in [4.78, 5) is 12.5. The van der Waals surface area contributed by atoms with E-state index in [-0.39, 0.29) is 16.4 Å². The van der Waals surface area contributed by atoms with Crippen molar-refractivity contribution in [2.24, 2.45) is 0 Å². The van der Waals surface area contributed by atoms with E-state index < -0.39 is 10.0 Å². The van der Waals surface area contributed by atoms with E-state index in [0.717, 1.165) is 24.2 Å². The van der Waals surface area contributed by atoms with Crippen molar-refractivity contribution in [3.63, 3.8) is 0 Å². The molecule has 0 unspecified atom stereocenters. The normalized spacial score (nSPS) is 11.0. The number of anilines is 1. The van der Waals surface area contributed by atoms with Crippen molar-refractivity contribution in [2.45, 2.75) is 24.7 Å². The lowest BCUT2D eigenvalue weighted by molar-refractivity contribution is 0.0953. The van der Waals surface area contributed by atoms with Crippen molar-refractivity contribution in [2.75, 3.05) is 25.0 Å². The van der Waals surface area contributed by atoms with Crippen molar-refractivity contribution in [1.29, 1.82) is 0 Å². The Morgan fingerprint density at radius 3 is 2.30 bits per heavy atom. The molecule has 0 fully saturated rings. The second-order valence-corrected chi connectivity index (χ2v) is 8.98. The number of benzene rings is 3. The van der Waals surface area contributed by atoms with Crippen molar-refractivity contribution in [3.05, 3.63) is 83.9 Å². The summed E-state index contributed by atoms with van der Waals surface area (Å²) in [5.41, 5.74) is 1.85. The maximum atomic E-state index is 12.8. The SMILES string of the molecule is CCOc1ccc(NS(=O)(=O)c2cccc(C(=O)NCCCc3ccc(OC)cc3)c2)cc1. The van der Waals surface area contributed by atoms with Crippen LogP contribution in [-0.2, 0) is 16.4 Å². The number of hydrogen-bond donors (Lipinski definition) is 2. The lowest BCUT2D eigenvalue weighted by Gasteiger charge is -2.11. The van der Waals surface area contributed by atoms with Gasteiger partial charge in [-0.05, 0) is 79.9 Å². The topological polar surface area (TPSA) is 93.7 Å². The van der Waals surface area contributed by atoms with E-state index >= 15 is 0 Å². The van der Waals surface area contributed by atoms with Gasteiger partial charge in [-0.25, -0.2) is 8.42 Å². The Balaban J connectivity index is 1.56. The van der Waals surface area contributed by atoms with Gasteiger partial charge in [-0.15, -0.1) is 0 Å². The maximum absolute atomic E-state index is 12.8. The Bertz CT molecular complexity index is 1160. The van der Waals surface area contributed by atoms with Crippen LogP contribution in [0.3, 0.4) is 0 Å². The first kappa shape index (κ1) is 24.1. The Hall–Kier alpha value is -3.52. The molecule has 1 amide bonds. The number of rotatable bonds is 11. The van der Waals surface area contributed by atoms with Gasteiger partial charge in [0, 0.05) is 17.8 Å². The summed E-state index contributed by atoms with van der Waals surface area (Å²) in [5.74, 6) is 1.15. The third-order valence-electron chi connectivity index (χ3n) is 4.91. The van der Waals surface area contributed by atoms with Crippen LogP contribution in [0.2, 0.25) is 0 Å². The Morgan fingerprint density at radius 1 is 0.939 bits per heavy atom. The minimum atomic E-state index is -3.84. The number of ether oxygens (including phenoxy) is 2. The monoisotopic (exact) mass is 468 g/mol. The number of amides is 1. The number of hydrogen-bond acceptors (Lipinski definition) is 5. The lowest BCUT2D eigenvalue weighted by atomic mass is 10.1. The van der Waals surface area contributed by atoms with Gasteiger partial charge in [-0.3, -0.25) is 9.52 Å². The molecule has 7 nitrogen and oxygen atoms in total. The quantitative estimate of drug-likeness (QED) is 0.410. The zero-order valence-corrected chi connectivity index (χ0v) is 19.5. The molecular weight excluding hydrogens is 440 g/mol. The van der Waals surface area contributed by atoms with Gasteiger partial charge >= 0.3 is 0 Å². The van der Waals surface area contributed by atoms with Crippen molar-refractivity contribution >= 4 is 21.6 Å². The summed E-state index contributed by atoms with van der Waals surface area (Å²) < 4.78 is 38.6. The fraction of sp³-hybridized carbons (Fsp3) is 0.240. The first-order valence-electron chi connectivity index (χ1n) is 10.7. The van der Waals surface area contributed by atoms with Gasteiger partial charge in [0.2, 0.25) is 0 Å². The largest absolute Gasteiger partial charge is 0.497 e. The van der Waals surface area contributed by atoms with Crippen molar-refractivity contribution in [1.82, 2.24) is 5.32 Å². The van der Waals surface area contributed by atoms with Crippen LogP contribution in [0.1, 0.15) is 29.3 Å². The molecule has 3 rings (SSSR count). The highest BCUT2D eigenvalue weighted by Gasteiger charge is 2.16. The zero-order chi connectivity index (χ0) is 23.7. The molecule has 3 aromatic carbocycles. The molecular formula is C25H28N2O5S. The average molecular weight is 469 g/mol. The molecule has 0 spiro atoms. The third-order valence-corrected chi connectivity index (χ3v) is 6.29. The summed E-state index contributed by atoms with van der Waals surface area (Å²) in [7, 11) is -2.22. The molecule has 2 N–H and O–H groups in total. The molecule has 8 heteroatoms. The Labute approximate surface area is 194 Å². The van der Waals surface area contributed by atoms with Crippen LogP contribution in [-0.4, -0.2) is 34.6 Å². The molecule has 0 saturated heterocycles. The van der Waals surface area contributed by atoms with E-state index in [2.05, 4.69) is 10.0 Å². The highest BCUT2D eigenvalue weighted by molar-refractivity contribution is 7.92. The summed E-state index contributed by atoms with van der Waals surface area (Å²) in [6.45, 7) is 2.88. The number of carbonyl (C=O) groups is 1. The van der Waals surface area contributed by atoms with Gasteiger partial charge in [0.25, 0.3) is 15.9 Å². The molecule has 174 valence electrons. The number of sulfonamides is 1. The van der Waals surface area contributed by atoms with Gasteiger partial charge in [-0.1, -0.05) is 18.2 Å². The number of nitrogens with one attached hydrogen (secondary N) is 2. The first-order valence-corrected chi connectivity index (χ1v) is 12.2. The smallest absolute Gasteiger partial charge is 0.261 e. The Kier molecular flexibility index (Phi) is 8.32. The highest BCUT2D eigenvalue weighted by Crippen LogP contribution is 2.20. The van der Waals surface area contributed by atoms with E-state index in [1.54, 1.807) is 43.5 Å².